The van der Waals surface area contributed by atoms with Crippen molar-refractivity contribution >= 4 is 34.6 Å². The van der Waals surface area contributed by atoms with Crippen LogP contribution < -0.4 is 0 Å². The average Bonchev–Trinajstić information content (AvgIpc) is 3.30. The van der Waals surface area contributed by atoms with E-state index in [0.29, 0.717) is 0 Å². The molecule has 0 saturated carbocycles. The lowest BCUT2D eigenvalue weighted by Gasteiger charge is -2.10. The van der Waals surface area contributed by atoms with Crippen LogP contribution in [0.5, 0.6) is 0 Å². The normalized spacial score (nSPS) is 10.5. The van der Waals surface area contributed by atoms with Crippen LogP contribution in [0, 0.1) is 0 Å². The minimum absolute atomic E-state index is 0.0957. The number of thiophene rings is 1. The van der Waals surface area contributed by atoms with Gasteiger partial charge in [-0.1, -0.05) is 36.4 Å². The molecule has 0 atom stereocenters. The van der Waals surface area contributed by atoms with Crippen LogP contribution in [-0.4, -0.2) is 42.5 Å². The molecule has 1 aromatic carbocycles. The largest absolute Gasteiger partial charge is 0.455 e. The van der Waals surface area contributed by atoms with E-state index in [1.165, 1.54) is 16.2 Å². The third kappa shape index (κ3) is 4.36. The van der Waals surface area contributed by atoms with Gasteiger partial charge in [-0.25, -0.2) is 4.98 Å². The van der Waals surface area contributed by atoms with Crippen molar-refractivity contribution in [3.8, 4) is 21.1 Å². The topological polar surface area (TPSA) is 59.5 Å². The second kappa shape index (κ2) is 8.25. The van der Waals surface area contributed by atoms with Gasteiger partial charge in [0, 0.05) is 24.5 Å². The Morgan fingerprint density at radius 2 is 1.88 bits per heavy atom. The van der Waals surface area contributed by atoms with Crippen molar-refractivity contribution in [1.82, 2.24) is 9.88 Å². The van der Waals surface area contributed by atoms with Crippen LogP contribution in [0.4, 0.5) is 0 Å². The molecular weight excluding hydrogens is 368 g/mol. The molecule has 7 heteroatoms. The Balaban J connectivity index is 1.82. The summed E-state index contributed by atoms with van der Waals surface area (Å²) in [6.07, 6.45) is 0.0957. The van der Waals surface area contributed by atoms with Crippen molar-refractivity contribution in [3.05, 3.63) is 52.7 Å². The first kappa shape index (κ1) is 18.3. The number of ether oxygens (including phenoxy) is 1. The van der Waals surface area contributed by atoms with Gasteiger partial charge in [0.2, 0.25) is 0 Å². The molecule has 0 spiro atoms. The fourth-order valence-electron chi connectivity index (χ4n) is 2.24. The zero-order valence-corrected chi connectivity index (χ0v) is 16.1. The second-order valence-corrected chi connectivity index (χ2v) is 7.79. The summed E-state index contributed by atoms with van der Waals surface area (Å²) < 4.78 is 5.11. The molecule has 26 heavy (non-hydrogen) atoms. The molecule has 0 aliphatic carbocycles. The monoisotopic (exact) mass is 386 g/mol. The third-order valence-electron chi connectivity index (χ3n) is 3.63. The first-order valence-electron chi connectivity index (χ1n) is 7.99. The molecule has 0 N–H and O–H groups in total. The maximum absolute atomic E-state index is 12.2. The Morgan fingerprint density at radius 1 is 1.12 bits per heavy atom. The Bertz CT molecular complexity index is 887. The van der Waals surface area contributed by atoms with Gasteiger partial charge >= 0.3 is 5.97 Å². The SMILES string of the molecule is CN(C)C(=O)COC(=O)Cc1sc(-c2ccccc2)nc1-c1cccs1. The number of thiazole rings is 1. The van der Waals surface area contributed by atoms with Gasteiger partial charge in [-0.15, -0.1) is 22.7 Å². The summed E-state index contributed by atoms with van der Waals surface area (Å²) in [6, 6.07) is 13.8. The first-order chi connectivity index (χ1) is 12.5. The van der Waals surface area contributed by atoms with Crippen LogP contribution in [0.25, 0.3) is 21.1 Å². The molecule has 0 saturated heterocycles. The highest BCUT2D eigenvalue weighted by molar-refractivity contribution is 7.17. The summed E-state index contributed by atoms with van der Waals surface area (Å²) in [6.45, 7) is -0.246. The highest BCUT2D eigenvalue weighted by Gasteiger charge is 2.19. The zero-order chi connectivity index (χ0) is 18.5. The van der Waals surface area contributed by atoms with Crippen molar-refractivity contribution in [2.24, 2.45) is 0 Å². The number of amides is 1. The number of likely N-dealkylation sites (N-methyl/N-ethyl adjacent to an activating group) is 1. The standard InChI is InChI=1S/C19H18N2O3S2/c1-21(2)16(22)12-24-17(23)11-15-18(14-9-6-10-25-14)20-19(26-15)13-7-4-3-5-8-13/h3-10H,11-12H2,1-2H3. The van der Waals surface area contributed by atoms with Crippen LogP contribution in [0.3, 0.4) is 0 Å². The number of aromatic nitrogens is 1. The second-order valence-electron chi connectivity index (χ2n) is 5.76. The van der Waals surface area contributed by atoms with Gasteiger partial charge in [-0.3, -0.25) is 9.59 Å². The summed E-state index contributed by atoms with van der Waals surface area (Å²) in [5.41, 5.74) is 1.82. The number of rotatable bonds is 6. The minimum atomic E-state index is -0.429. The zero-order valence-electron chi connectivity index (χ0n) is 14.5. The molecule has 2 aromatic heterocycles. The van der Waals surface area contributed by atoms with E-state index in [0.717, 1.165) is 26.0 Å². The molecule has 3 rings (SSSR count). The molecule has 0 radical (unpaired) electrons. The lowest BCUT2D eigenvalue weighted by Crippen LogP contribution is -2.27. The van der Waals surface area contributed by atoms with Crippen molar-refractivity contribution < 1.29 is 14.3 Å². The Morgan fingerprint density at radius 3 is 2.54 bits per heavy atom. The molecule has 0 fully saturated rings. The molecule has 2 heterocycles. The number of hydrogen-bond donors (Lipinski definition) is 0. The number of benzene rings is 1. The minimum Gasteiger partial charge on any atom is -0.455 e. The van der Waals surface area contributed by atoms with Crippen molar-refractivity contribution in [1.29, 1.82) is 0 Å². The highest BCUT2D eigenvalue weighted by atomic mass is 32.1. The molecule has 1 amide bonds. The fraction of sp³-hybridized carbons (Fsp3) is 0.211. The molecular formula is C19H18N2O3S2. The summed E-state index contributed by atoms with van der Waals surface area (Å²) >= 11 is 3.06. The summed E-state index contributed by atoms with van der Waals surface area (Å²) in [5.74, 6) is -0.674. The van der Waals surface area contributed by atoms with Crippen LogP contribution in [0.15, 0.2) is 47.8 Å². The highest BCUT2D eigenvalue weighted by Crippen LogP contribution is 2.36. The van der Waals surface area contributed by atoms with Gasteiger partial charge in [-0.2, -0.15) is 0 Å². The third-order valence-corrected chi connectivity index (χ3v) is 5.61. The molecule has 5 nitrogen and oxygen atoms in total. The Kier molecular flexibility index (Phi) is 5.80. The van der Waals surface area contributed by atoms with Gasteiger partial charge in [0.05, 0.1) is 17.0 Å². The first-order valence-corrected chi connectivity index (χ1v) is 9.69. The van der Waals surface area contributed by atoms with E-state index in [1.807, 2.05) is 47.8 Å². The summed E-state index contributed by atoms with van der Waals surface area (Å²) in [7, 11) is 3.25. The van der Waals surface area contributed by atoms with E-state index in [4.69, 9.17) is 9.72 Å². The number of carbonyl (C=O) groups excluding carboxylic acids is 2. The van der Waals surface area contributed by atoms with Gasteiger partial charge < -0.3 is 9.64 Å². The number of carbonyl (C=O) groups is 2. The number of hydrogen-bond acceptors (Lipinski definition) is 6. The van der Waals surface area contributed by atoms with E-state index in [2.05, 4.69) is 0 Å². The van der Waals surface area contributed by atoms with Gasteiger partial charge in [0.15, 0.2) is 6.61 Å². The van der Waals surface area contributed by atoms with Crippen LogP contribution in [0.2, 0.25) is 0 Å². The molecule has 3 aromatic rings. The number of esters is 1. The van der Waals surface area contributed by atoms with Crippen LogP contribution in [-0.2, 0) is 20.7 Å². The summed E-state index contributed by atoms with van der Waals surface area (Å²) in [4.78, 5) is 31.8. The van der Waals surface area contributed by atoms with Crippen LogP contribution >= 0.6 is 22.7 Å². The van der Waals surface area contributed by atoms with Gasteiger partial charge in [-0.05, 0) is 11.4 Å². The van der Waals surface area contributed by atoms with Crippen molar-refractivity contribution in [2.75, 3.05) is 20.7 Å². The Hall–Kier alpha value is -2.51. The average molecular weight is 386 g/mol. The lowest BCUT2D eigenvalue weighted by atomic mass is 10.2. The molecule has 0 aliphatic rings. The maximum atomic E-state index is 12.2. The van der Waals surface area contributed by atoms with Crippen LogP contribution in [0.1, 0.15) is 4.88 Å². The molecule has 0 unspecified atom stereocenters. The molecule has 134 valence electrons. The fourth-order valence-corrected chi connectivity index (χ4v) is 4.11. The molecule has 0 aliphatic heterocycles. The van der Waals surface area contributed by atoms with Gasteiger partial charge in [0.25, 0.3) is 5.91 Å². The predicted octanol–water partition coefficient (Wildman–Crippen LogP) is 3.71. The lowest BCUT2D eigenvalue weighted by molar-refractivity contribution is -0.150. The number of nitrogens with zero attached hydrogens (tertiary/aromatic N) is 2. The van der Waals surface area contributed by atoms with E-state index in [-0.39, 0.29) is 18.9 Å². The smallest absolute Gasteiger partial charge is 0.311 e. The predicted molar refractivity (Wildman–Crippen MR) is 104 cm³/mol. The maximum Gasteiger partial charge on any atom is 0.311 e. The van der Waals surface area contributed by atoms with E-state index in [9.17, 15) is 9.59 Å². The van der Waals surface area contributed by atoms with Gasteiger partial charge in [0.1, 0.15) is 5.01 Å². The quantitative estimate of drug-likeness (QED) is 0.606. The summed E-state index contributed by atoms with van der Waals surface area (Å²) in [5, 5.41) is 2.84. The molecule has 0 bridgehead atoms. The van der Waals surface area contributed by atoms with E-state index < -0.39 is 5.97 Å². The van der Waals surface area contributed by atoms with E-state index in [1.54, 1.807) is 25.4 Å². The van der Waals surface area contributed by atoms with E-state index >= 15 is 0 Å². The van der Waals surface area contributed by atoms with Crippen molar-refractivity contribution in [2.45, 2.75) is 6.42 Å². The Labute approximate surface area is 159 Å². The van der Waals surface area contributed by atoms with Crippen molar-refractivity contribution in [3.63, 3.8) is 0 Å².